The number of nitrogens with two attached hydrogens (primary N) is 1. The van der Waals surface area contributed by atoms with Gasteiger partial charge in [-0.2, -0.15) is 0 Å². The number of hydrogen-bond acceptors (Lipinski definition) is 4. The highest BCUT2D eigenvalue weighted by molar-refractivity contribution is 5.81. The Balaban J connectivity index is 2.76. The molecule has 0 spiro atoms. The van der Waals surface area contributed by atoms with Gasteiger partial charge in [0, 0.05) is 0 Å². The van der Waals surface area contributed by atoms with Crippen LogP contribution in [0.3, 0.4) is 0 Å². The molecule has 0 radical (unpaired) electrons. The van der Waals surface area contributed by atoms with E-state index in [2.05, 4.69) is 33.0 Å². The number of hydrogen-bond donors (Lipinski definition) is 2. The number of ether oxygens (including phenoxy) is 2. The topological polar surface area (TPSA) is 73.6 Å². The Morgan fingerprint density at radius 2 is 1.79 bits per heavy atom. The number of carbonyl (C=O) groups excluding carboxylic acids is 1. The van der Waals surface area contributed by atoms with Crippen LogP contribution in [-0.2, 0) is 4.79 Å². The predicted molar refractivity (Wildman–Crippen MR) is 97.3 cm³/mol. The molecule has 5 heteroatoms. The molecule has 0 saturated heterocycles. The molecule has 1 rings (SSSR count). The Labute approximate surface area is 145 Å². The van der Waals surface area contributed by atoms with Crippen molar-refractivity contribution in [1.29, 1.82) is 0 Å². The van der Waals surface area contributed by atoms with Crippen LogP contribution in [0.5, 0.6) is 11.5 Å². The van der Waals surface area contributed by atoms with Gasteiger partial charge < -0.3 is 20.5 Å². The molecule has 0 aromatic heterocycles. The number of nitrogens with one attached hydrogen (secondary N) is 1. The maximum atomic E-state index is 12.2. The van der Waals surface area contributed by atoms with E-state index in [9.17, 15) is 4.79 Å². The van der Waals surface area contributed by atoms with Gasteiger partial charge in [-0.15, -0.1) is 0 Å². The fraction of sp³-hybridized carbons (Fsp3) is 0.632. The van der Waals surface area contributed by atoms with Crippen LogP contribution in [0, 0.1) is 11.8 Å². The van der Waals surface area contributed by atoms with E-state index in [4.69, 9.17) is 15.2 Å². The summed E-state index contributed by atoms with van der Waals surface area (Å²) in [5.41, 5.74) is 6.89. The van der Waals surface area contributed by atoms with Crippen molar-refractivity contribution in [3.63, 3.8) is 0 Å². The lowest BCUT2D eigenvalue weighted by Gasteiger charge is -2.20. The molecular weight excluding hydrogens is 304 g/mol. The van der Waals surface area contributed by atoms with Crippen LogP contribution < -0.4 is 20.5 Å². The Hall–Kier alpha value is -1.75. The Bertz CT molecular complexity index is 529. The van der Waals surface area contributed by atoms with Crippen molar-refractivity contribution in [2.45, 2.75) is 53.1 Å². The van der Waals surface area contributed by atoms with E-state index in [-0.39, 0.29) is 11.9 Å². The van der Waals surface area contributed by atoms with Gasteiger partial charge in [0.05, 0.1) is 25.8 Å². The van der Waals surface area contributed by atoms with Gasteiger partial charge in [-0.3, -0.25) is 4.79 Å². The van der Waals surface area contributed by atoms with Crippen molar-refractivity contribution in [1.82, 2.24) is 5.32 Å². The van der Waals surface area contributed by atoms with E-state index in [0.29, 0.717) is 36.4 Å². The summed E-state index contributed by atoms with van der Waals surface area (Å²) in [4.78, 5) is 12.2. The lowest BCUT2D eigenvalue weighted by atomic mass is 10.0. The molecule has 3 N–H and O–H groups in total. The molecule has 5 nitrogen and oxygen atoms in total. The summed E-state index contributed by atoms with van der Waals surface area (Å²) in [6, 6.07) is 5.09. The Morgan fingerprint density at radius 1 is 1.12 bits per heavy atom. The number of carbonyl (C=O) groups is 1. The second-order valence-corrected chi connectivity index (χ2v) is 7.08. The fourth-order valence-corrected chi connectivity index (χ4v) is 2.35. The van der Waals surface area contributed by atoms with Crippen molar-refractivity contribution in [2.75, 3.05) is 13.7 Å². The summed E-state index contributed by atoms with van der Waals surface area (Å²) >= 11 is 0. The fourth-order valence-electron chi connectivity index (χ4n) is 2.35. The monoisotopic (exact) mass is 336 g/mol. The molecule has 2 atom stereocenters. The first-order valence-corrected chi connectivity index (χ1v) is 8.61. The summed E-state index contributed by atoms with van der Waals surface area (Å²) in [7, 11) is 1.61. The number of amides is 1. The molecule has 0 heterocycles. The molecular formula is C19H32N2O3. The van der Waals surface area contributed by atoms with Crippen LogP contribution in [-0.4, -0.2) is 25.7 Å². The second kappa shape index (κ2) is 9.52. The minimum Gasteiger partial charge on any atom is -0.493 e. The normalized spacial score (nSPS) is 13.7. The van der Waals surface area contributed by atoms with Gasteiger partial charge in [0.25, 0.3) is 0 Å². The summed E-state index contributed by atoms with van der Waals surface area (Å²) < 4.78 is 11.2. The van der Waals surface area contributed by atoms with E-state index in [1.807, 2.05) is 25.1 Å². The van der Waals surface area contributed by atoms with Gasteiger partial charge >= 0.3 is 0 Å². The van der Waals surface area contributed by atoms with Crippen LogP contribution in [0.1, 0.15) is 52.6 Å². The first-order valence-electron chi connectivity index (χ1n) is 8.61. The zero-order chi connectivity index (χ0) is 18.3. The first-order chi connectivity index (χ1) is 11.2. The minimum atomic E-state index is -0.483. The van der Waals surface area contributed by atoms with Crippen molar-refractivity contribution >= 4 is 5.91 Å². The molecule has 24 heavy (non-hydrogen) atoms. The third kappa shape index (κ3) is 6.40. The minimum absolute atomic E-state index is 0.129. The van der Waals surface area contributed by atoms with E-state index >= 15 is 0 Å². The van der Waals surface area contributed by atoms with Crippen molar-refractivity contribution in [3.8, 4) is 11.5 Å². The zero-order valence-corrected chi connectivity index (χ0v) is 15.8. The quantitative estimate of drug-likeness (QED) is 0.726. The second-order valence-electron chi connectivity index (χ2n) is 7.08. The number of rotatable bonds is 9. The maximum absolute atomic E-state index is 12.2. The standard InChI is InChI=1S/C19H32N2O3/c1-12(2)9-16(20)19(22)21-14(5)15-7-8-17(18(10-15)23-6)24-11-13(3)4/h7-8,10,12-14,16H,9,11,20H2,1-6H3,(H,21,22)/t14?,16-/m0/s1. The van der Waals surface area contributed by atoms with Crippen LogP contribution in [0.2, 0.25) is 0 Å². The van der Waals surface area contributed by atoms with Crippen molar-refractivity contribution in [2.24, 2.45) is 17.6 Å². The Kier molecular flexibility index (Phi) is 8.05. The van der Waals surface area contributed by atoms with Crippen LogP contribution in [0.25, 0.3) is 0 Å². The van der Waals surface area contributed by atoms with E-state index in [1.54, 1.807) is 7.11 Å². The first kappa shape index (κ1) is 20.3. The third-order valence-corrected chi connectivity index (χ3v) is 3.68. The summed E-state index contributed by atoms with van der Waals surface area (Å²) in [6.07, 6.45) is 0.670. The molecule has 0 saturated carbocycles. The zero-order valence-electron chi connectivity index (χ0n) is 15.8. The third-order valence-electron chi connectivity index (χ3n) is 3.68. The van der Waals surface area contributed by atoms with Crippen LogP contribution in [0.4, 0.5) is 0 Å². The highest BCUT2D eigenvalue weighted by atomic mass is 16.5. The molecule has 1 aromatic rings. The molecule has 1 unspecified atom stereocenters. The lowest BCUT2D eigenvalue weighted by molar-refractivity contribution is -0.123. The summed E-state index contributed by atoms with van der Waals surface area (Å²) in [6.45, 7) is 10.9. The highest BCUT2D eigenvalue weighted by Gasteiger charge is 2.18. The average Bonchev–Trinajstić information content (AvgIpc) is 2.51. The number of benzene rings is 1. The maximum Gasteiger partial charge on any atom is 0.237 e. The van der Waals surface area contributed by atoms with Gasteiger partial charge in [-0.1, -0.05) is 33.8 Å². The van der Waals surface area contributed by atoms with E-state index < -0.39 is 6.04 Å². The van der Waals surface area contributed by atoms with Gasteiger partial charge in [0.1, 0.15) is 0 Å². The molecule has 1 amide bonds. The smallest absolute Gasteiger partial charge is 0.237 e. The predicted octanol–water partition coefficient (Wildman–Crippen LogP) is 3.28. The Morgan fingerprint density at radius 3 is 2.33 bits per heavy atom. The van der Waals surface area contributed by atoms with Crippen molar-refractivity contribution < 1.29 is 14.3 Å². The molecule has 1 aromatic carbocycles. The molecule has 136 valence electrons. The number of methoxy groups -OCH3 is 1. The van der Waals surface area contributed by atoms with E-state index in [1.165, 1.54) is 0 Å². The molecule has 0 fully saturated rings. The SMILES string of the molecule is COc1cc(C(C)NC(=O)[C@@H](N)CC(C)C)ccc1OCC(C)C. The van der Waals surface area contributed by atoms with Crippen LogP contribution >= 0.6 is 0 Å². The van der Waals surface area contributed by atoms with E-state index in [0.717, 1.165) is 5.56 Å². The molecule has 0 aliphatic carbocycles. The lowest BCUT2D eigenvalue weighted by Crippen LogP contribution is -2.42. The summed E-state index contributed by atoms with van der Waals surface area (Å²) in [5, 5.41) is 2.96. The van der Waals surface area contributed by atoms with Gasteiger partial charge in [0.15, 0.2) is 11.5 Å². The van der Waals surface area contributed by atoms with Crippen molar-refractivity contribution in [3.05, 3.63) is 23.8 Å². The average molecular weight is 336 g/mol. The van der Waals surface area contributed by atoms with Gasteiger partial charge in [-0.25, -0.2) is 0 Å². The van der Waals surface area contributed by atoms with Crippen LogP contribution in [0.15, 0.2) is 18.2 Å². The summed E-state index contributed by atoms with van der Waals surface area (Å²) in [5.74, 6) is 2.08. The molecule has 0 aliphatic heterocycles. The largest absolute Gasteiger partial charge is 0.493 e. The highest BCUT2D eigenvalue weighted by Crippen LogP contribution is 2.30. The molecule has 0 aliphatic rings. The molecule has 0 bridgehead atoms. The van der Waals surface area contributed by atoms with Gasteiger partial charge in [-0.05, 0) is 42.9 Å². The van der Waals surface area contributed by atoms with Gasteiger partial charge in [0.2, 0.25) is 5.91 Å².